The summed E-state index contributed by atoms with van der Waals surface area (Å²) in [7, 11) is 0. The summed E-state index contributed by atoms with van der Waals surface area (Å²) in [6.07, 6.45) is -3.06. The predicted octanol–water partition coefficient (Wildman–Crippen LogP) is -0.804. The lowest BCUT2D eigenvalue weighted by Gasteiger charge is -2.26. The number of aromatic hydroxyl groups is 1. The molecular formula is C11H12O7. The van der Waals surface area contributed by atoms with E-state index in [-0.39, 0.29) is 11.3 Å². The molecule has 18 heavy (non-hydrogen) atoms. The van der Waals surface area contributed by atoms with Crippen LogP contribution in [0.1, 0.15) is 5.56 Å². The van der Waals surface area contributed by atoms with Gasteiger partial charge in [-0.3, -0.25) is 0 Å². The first kappa shape index (κ1) is 13.9. The van der Waals surface area contributed by atoms with Gasteiger partial charge in [-0.05, 0) is 17.7 Å². The highest BCUT2D eigenvalue weighted by Crippen LogP contribution is 2.20. The topological polar surface area (TPSA) is 135 Å². The van der Waals surface area contributed by atoms with E-state index in [9.17, 15) is 19.8 Å². The van der Waals surface area contributed by atoms with Crippen molar-refractivity contribution < 1.29 is 35.1 Å². The van der Waals surface area contributed by atoms with E-state index in [1.807, 2.05) is 0 Å². The molecule has 0 heterocycles. The minimum absolute atomic E-state index is 0.0589. The van der Waals surface area contributed by atoms with Gasteiger partial charge in [-0.15, -0.1) is 0 Å². The van der Waals surface area contributed by atoms with Crippen LogP contribution in [0.25, 0.3) is 0 Å². The molecule has 7 heteroatoms. The van der Waals surface area contributed by atoms with Crippen LogP contribution in [0, 0.1) is 0 Å². The van der Waals surface area contributed by atoms with Gasteiger partial charge < -0.3 is 25.5 Å². The third-order valence-corrected chi connectivity index (χ3v) is 2.47. The molecule has 0 bridgehead atoms. The van der Waals surface area contributed by atoms with Crippen molar-refractivity contribution in [2.75, 3.05) is 0 Å². The zero-order valence-corrected chi connectivity index (χ0v) is 9.15. The van der Waals surface area contributed by atoms with Crippen molar-refractivity contribution in [1.82, 2.24) is 0 Å². The standard InChI is InChI=1S/C11H12O7/c12-7-3-1-6(2-4-7)5-11(18,10(16)17)8(13)9(14)15/h1-4,8,12-13,18H,5H2,(H,14,15)(H,16,17)/t8-,11+/m0/s1. The summed E-state index contributed by atoms with van der Waals surface area (Å²) in [5.41, 5.74) is -2.57. The van der Waals surface area contributed by atoms with Gasteiger partial charge in [0.1, 0.15) is 5.75 Å². The van der Waals surface area contributed by atoms with E-state index >= 15 is 0 Å². The molecule has 1 rings (SSSR count). The van der Waals surface area contributed by atoms with Gasteiger partial charge in [0.2, 0.25) is 5.60 Å². The van der Waals surface area contributed by atoms with E-state index in [1.165, 1.54) is 24.3 Å². The Kier molecular flexibility index (Phi) is 3.89. The van der Waals surface area contributed by atoms with Gasteiger partial charge >= 0.3 is 11.9 Å². The quantitative estimate of drug-likeness (QED) is 0.465. The lowest BCUT2D eigenvalue weighted by molar-refractivity contribution is -0.183. The first-order valence-corrected chi connectivity index (χ1v) is 4.92. The molecule has 98 valence electrons. The zero-order chi connectivity index (χ0) is 13.9. The monoisotopic (exact) mass is 256 g/mol. The maximum Gasteiger partial charge on any atom is 0.339 e. The van der Waals surface area contributed by atoms with Crippen LogP contribution in [0.3, 0.4) is 0 Å². The second-order valence-electron chi connectivity index (χ2n) is 3.81. The maximum atomic E-state index is 10.9. The zero-order valence-electron chi connectivity index (χ0n) is 9.15. The first-order valence-electron chi connectivity index (χ1n) is 4.92. The number of aliphatic hydroxyl groups is 2. The average Bonchev–Trinajstić information content (AvgIpc) is 2.30. The van der Waals surface area contributed by atoms with Crippen LogP contribution in [-0.2, 0) is 16.0 Å². The molecule has 5 N–H and O–H groups in total. The van der Waals surface area contributed by atoms with Gasteiger partial charge in [0.25, 0.3) is 0 Å². The molecule has 1 aromatic carbocycles. The number of rotatable bonds is 5. The highest BCUT2D eigenvalue weighted by atomic mass is 16.4. The number of carboxylic acids is 2. The van der Waals surface area contributed by atoms with Crippen molar-refractivity contribution in [1.29, 1.82) is 0 Å². The van der Waals surface area contributed by atoms with Crippen molar-refractivity contribution in [3.05, 3.63) is 29.8 Å². The van der Waals surface area contributed by atoms with Crippen molar-refractivity contribution in [2.45, 2.75) is 18.1 Å². The fraction of sp³-hybridized carbons (Fsp3) is 0.273. The van der Waals surface area contributed by atoms with Gasteiger partial charge in [-0.2, -0.15) is 0 Å². The SMILES string of the molecule is O=C(O)[C@H](O)[C@](O)(Cc1ccc(O)cc1)C(=O)O. The molecule has 0 unspecified atom stereocenters. The molecule has 0 aliphatic rings. The molecule has 0 saturated carbocycles. The molecule has 1 aromatic rings. The minimum atomic E-state index is -2.83. The lowest BCUT2D eigenvalue weighted by Crippen LogP contribution is -2.54. The normalized spacial score (nSPS) is 15.7. The highest BCUT2D eigenvalue weighted by molar-refractivity contribution is 5.87. The summed E-state index contributed by atoms with van der Waals surface area (Å²) in [6, 6.07) is 5.14. The molecule has 0 amide bonds. The Hall–Kier alpha value is -2.12. The molecule has 0 spiro atoms. The van der Waals surface area contributed by atoms with E-state index in [0.29, 0.717) is 0 Å². The third kappa shape index (κ3) is 2.76. The number of carboxylic acid groups (broad SMARTS) is 2. The molecule has 0 aromatic heterocycles. The number of aliphatic carboxylic acids is 2. The van der Waals surface area contributed by atoms with Crippen LogP contribution in [0.2, 0.25) is 0 Å². The van der Waals surface area contributed by atoms with Crippen molar-refractivity contribution in [3.8, 4) is 5.75 Å². The number of hydrogen-bond donors (Lipinski definition) is 5. The van der Waals surface area contributed by atoms with Crippen molar-refractivity contribution in [2.24, 2.45) is 0 Å². The van der Waals surface area contributed by atoms with E-state index in [1.54, 1.807) is 0 Å². The van der Waals surface area contributed by atoms with Gasteiger partial charge in [0.05, 0.1) is 0 Å². The molecule has 0 aliphatic heterocycles. The lowest BCUT2D eigenvalue weighted by atomic mass is 9.89. The van der Waals surface area contributed by atoms with Crippen molar-refractivity contribution in [3.63, 3.8) is 0 Å². The van der Waals surface area contributed by atoms with Crippen LogP contribution in [0.4, 0.5) is 0 Å². The smallest absolute Gasteiger partial charge is 0.339 e. The molecule has 0 fully saturated rings. The number of phenolic OH excluding ortho intramolecular Hbond substituents is 1. The second kappa shape index (κ2) is 5.03. The molecule has 0 saturated heterocycles. The van der Waals surface area contributed by atoms with E-state index in [2.05, 4.69) is 0 Å². The van der Waals surface area contributed by atoms with Crippen LogP contribution >= 0.6 is 0 Å². The fourth-order valence-electron chi connectivity index (χ4n) is 1.42. The summed E-state index contributed by atoms with van der Waals surface area (Å²) in [6.45, 7) is 0. The Morgan fingerprint density at radius 1 is 1.17 bits per heavy atom. The van der Waals surface area contributed by atoms with Gasteiger partial charge in [0, 0.05) is 6.42 Å². The first-order chi connectivity index (χ1) is 8.27. The second-order valence-corrected chi connectivity index (χ2v) is 3.81. The number of aliphatic hydroxyl groups excluding tert-OH is 1. The minimum Gasteiger partial charge on any atom is -0.508 e. The Morgan fingerprint density at radius 2 is 1.67 bits per heavy atom. The van der Waals surface area contributed by atoms with Crippen LogP contribution in [0.15, 0.2) is 24.3 Å². The van der Waals surface area contributed by atoms with Crippen LogP contribution < -0.4 is 0 Å². The number of hydrogen-bond acceptors (Lipinski definition) is 5. The van der Waals surface area contributed by atoms with E-state index in [4.69, 9.17) is 15.3 Å². The Balaban J connectivity index is 3.03. The summed E-state index contributed by atoms with van der Waals surface area (Å²) in [4.78, 5) is 21.5. The van der Waals surface area contributed by atoms with Crippen LogP contribution in [-0.4, -0.2) is 49.2 Å². The molecule has 7 nitrogen and oxygen atoms in total. The van der Waals surface area contributed by atoms with Crippen molar-refractivity contribution >= 4 is 11.9 Å². The third-order valence-electron chi connectivity index (χ3n) is 2.47. The maximum absolute atomic E-state index is 10.9. The highest BCUT2D eigenvalue weighted by Gasteiger charge is 2.47. The van der Waals surface area contributed by atoms with E-state index in [0.717, 1.165) is 0 Å². The summed E-state index contributed by atoms with van der Waals surface area (Å²) >= 11 is 0. The Labute approximate surface area is 102 Å². The van der Waals surface area contributed by atoms with Gasteiger partial charge in [-0.1, -0.05) is 12.1 Å². The van der Waals surface area contributed by atoms with E-state index < -0.39 is 30.1 Å². The number of phenols is 1. The summed E-state index contributed by atoms with van der Waals surface area (Å²) < 4.78 is 0. The van der Waals surface area contributed by atoms with Gasteiger partial charge in [0.15, 0.2) is 6.10 Å². The Bertz CT molecular complexity index is 453. The molecule has 0 radical (unpaired) electrons. The predicted molar refractivity (Wildman–Crippen MR) is 58.0 cm³/mol. The summed E-state index contributed by atoms with van der Waals surface area (Å²) in [5, 5.41) is 45.5. The van der Waals surface area contributed by atoms with Crippen LogP contribution in [0.5, 0.6) is 5.75 Å². The Morgan fingerprint density at radius 3 is 2.06 bits per heavy atom. The number of carbonyl (C=O) groups is 2. The fourth-order valence-corrected chi connectivity index (χ4v) is 1.42. The summed E-state index contributed by atoms with van der Waals surface area (Å²) in [5.74, 6) is -3.74. The largest absolute Gasteiger partial charge is 0.508 e. The average molecular weight is 256 g/mol. The molecule has 0 aliphatic carbocycles. The molecular weight excluding hydrogens is 244 g/mol. The molecule has 2 atom stereocenters. The number of benzene rings is 1. The van der Waals surface area contributed by atoms with Gasteiger partial charge in [-0.25, -0.2) is 9.59 Å².